The zero-order chi connectivity index (χ0) is 22.3. The van der Waals surface area contributed by atoms with E-state index in [2.05, 4.69) is 27.0 Å². The number of aryl methyl sites for hydroxylation is 1. The van der Waals surface area contributed by atoms with Crippen LogP contribution in [0.5, 0.6) is 5.75 Å². The van der Waals surface area contributed by atoms with Crippen LogP contribution in [0.25, 0.3) is 11.2 Å². The van der Waals surface area contributed by atoms with Crippen molar-refractivity contribution in [3.63, 3.8) is 0 Å². The van der Waals surface area contributed by atoms with E-state index in [1.165, 1.54) is 4.90 Å². The molecule has 32 heavy (non-hydrogen) atoms. The van der Waals surface area contributed by atoms with Gasteiger partial charge in [-0.3, -0.25) is 4.79 Å². The van der Waals surface area contributed by atoms with E-state index in [1.54, 1.807) is 25.1 Å². The largest absolute Gasteiger partial charge is 0.497 e. The summed E-state index contributed by atoms with van der Waals surface area (Å²) in [4.78, 5) is 23.0. The number of rotatable bonds is 9. The van der Waals surface area contributed by atoms with E-state index in [9.17, 15) is 4.79 Å². The standard InChI is InChI=1S/C25H26N4O2S/c1-31-20-10-8-18(9-11-20)17-29-23(28-22-7-4-14-26-25(22)29)12-13-24(30)27-16-19-5-3-6-21(15-19)32-2/h3-11,14-15H,12-13,16-17H2,1-2H3,(H,27,30). The molecule has 2 aromatic carbocycles. The predicted octanol–water partition coefficient (Wildman–Crippen LogP) is 4.46. The van der Waals surface area contributed by atoms with Crippen LogP contribution in [0, 0.1) is 0 Å². The van der Waals surface area contributed by atoms with Crippen LogP contribution in [0.3, 0.4) is 0 Å². The predicted molar refractivity (Wildman–Crippen MR) is 128 cm³/mol. The average Bonchev–Trinajstić information content (AvgIpc) is 3.19. The molecule has 0 aliphatic rings. The molecule has 0 saturated carbocycles. The van der Waals surface area contributed by atoms with Crippen molar-refractivity contribution in [3.8, 4) is 5.75 Å². The third-order valence-corrected chi connectivity index (χ3v) is 6.01. The molecule has 1 amide bonds. The van der Waals surface area contributed by atoms with Gasteiger partial charge >= 0.3 is 0 Å². The van der Waals surface area contributed by atoms with Crippen molar-refractivity contribution in [3.05, 3.63) is 83.8 Å². The van der Waals surface area contributed by atoms with Crippen molar-refractivity contribution in [2.75, 3.05) is 13.4 Å². The molecule has 0 fully saturated rings. The van der Waals surface area contributed by atoms with Crippen LogP contribution >= 0.6 is 11.8 Å². The molecule has 1 N–H and O–H groups in total. The van der Waals surface area contributed by atoms with Crippen LogP contribution in [0.2, 0.25) is 0 Å². The average molecular weight is 447 g/mol. The lowest BCUT2D eigenvalue weighted by molar-refractivity contribution is -0.121. The van der Waals surface area contributed by atoms with Crippen LogP contribution < -0.4 is 10.1 Å². The molecule has 0 saturated heterocycles. The lowest BCUT2D eigenvalue weighted by Gasteiger charge is -2.10. The van der Waals surface area contributed by atoms with E-state index >= 15 is 0 Å². The van der Waals surface area contributed by atoms with Crippen LogP contribution in [-0.2, 0) is 24.3 Å². The highest BCUT2D eigenvalue weighted by Gasteiger charge is 2.14. The Labute approximate surface area is 192 Å². The molecule has 4 aromatic rings. The Bertz CT molecular complexity index is 1200. The maximum Gasteiger partial charge on any atom is 0.220 e. The molecule has 0 aliphatic carbocycles. The van der Waals surface area contributed by atoms with E-state index < -0.39 is 0 Å². The van der Waals surface area contributed by atoms with E-state index in [4.69, 9.17) is 9.72 Å². The molecular weight excluding hydrogens is 420 g/mol. The summed E-state index contributed by atoms with van der Waals surface area (Å²) in [5.41, 5.74) is 3.88. The Hall–Kier alpha value is -3.32. The molecule has 2 aromatic heterocycles. The molecule has 0 aliphatic heterocycles. The first-order valence-corrected chi connectivity index (χ1v) is 11.7. The van der Waals surface area contributed by atoms with Gasteiger partial charge in [-0.15, -0.1) is 11.8 Å². The highest BCUT2D eigenvalue weighted by Crippen LogP contribution is 2.19. The topological polar surface area (TPSA) is 69.0 Å². The number of hydrogen-bond donors (Lipinski definition) is 1. The highest BCUT2D eigenvalue weighted by atomic mass is 32.2. The molecule has 6 nitrogen and oxygen atoms in total. The molecule has 0 atom stereocenters. The SMILES string of the molecule is COc1ccc(Cn2c(CCC(=O)NCc3cccc(SC)c3)nc3cccnc32)cc1. The smallest absolute Gasteiger partial charge is 0.220 e. The number of nitrogens with one attached hydrogen (secondary N) is 1. The zero-order valence-corrected chi connectivity index (χ0v) is 19.1. The molecule has 4 rings (SSSR count). The second-order valence-corrected chi connectivity index (χ2v) is 8.32. The van der Waals surface area contributed by atoms with Crippen LogP contribution in [0.1, 0.15) is 23.4 Å². The van der Waals surface area contributed by atoms with Gasteiger partial charge in [-0.2, -0.15) is 0 Å². The number of methoxy groups -OCH3 is 1. The summed E-state index contributed by atoms with van der Waals surface area (Å²) in [6.07, 6.45) is 4.73. The lowest BCUT2D eigenvalue weighted by Crippen LogP contribution is -2.23. The Morgan fingerprint density at radius 3 is 2.72 bits per heavy atom. The van der Waals surface area contributed by atoms with Gasteiger partial charge in [0.25, 0.3) is 0 Å². The normalized spacial score (nSPS) is 10.9. The van der Waals surface area contributed by atoms with E-state index in [0.29, 0.717) is 25.9 Å². The number of benzene rings is 2. The van der Waals surface area contributed by atoms with Gasteiger partial charge in [0.05, 0.1) is 13.7 Å². The fourth-order valence-electron chi connectivity index (χ4n) is 3.57. The summed E-state index contributed by atoms with van der Waals surface area (Å²) in [6.45, 7) is 1.16. The van der Waals surface area contributed by atoms with Gasteiger partial charge in [0.2, 0.25) is 5.91 Å². The fraction of sp³-hybridized carbons (Fsp3) is 0.240. The first kappa shape index (κ1) is 21.9. The molecule has 7 heteroatoms. The van der Waals surface area contributed by atoms with Crippen LogP contribution in [-0.4, -0.2) is 33.8 Å². The van der Waals surface area contributed by atoms with E-state index in [1.807, 2.05) is 54.8 Å². The number of fused-ring (bicyclic) bond motifs is 1. The molecule has 0 radical (unpaired) electrons. The van der Waals surface area contributed by atoms with Crippen molar-refractivity contribution in [2.45, 2.75) is 30.8 Å². The summed E-state index contributed by atoms with van der Waals surface area (Å²) in [7, 11) is 1.66. The molecule has 2 heterocycles. The van der Waals surface area contributed by atoms with Crippen molar-refractivity contribution in [1.82, 2.24) is 19.9 Å². The summed E-state index contributed by atoms with van der Waals surface area (Å²) in [5.74, 6) is 1.69. The summed E-state index contributed by atoms with van der Waals surface area (Å²) >= 11 is 1.69. The number of ether oxygens (including phenoxy) is 1. The van der Waals surface area contributed by atoms with E-state index in [0.717, 1.165) is 33.9 Å². The molecule has 0 bridgehead atoms. The number of imidazole rings is 1. The number of hydrogen-bond acceptors (Lipinski definition) is 5. The second-order valence-electron chi connectivity index (χ2n) is 7.44. The van der Waals surface area contributed by atoms with Gasteiger partial charge in [0, 0.05) is 30.5 Å². The van der Waals surface area contributed by atoms with Crippen molar-refractivity contribution >= 4 is 28.8 Å². The maximum absolute atomic E-state index is 12.5. The first-order valence-electron chi connectivity index (χ1n) is 10.5. The van der Waals surface area contributed by atoms with Gasteiger partial charge < -0.3 is 14.6 Å². The first-order chi connectivity index (χ1) is 15.7. The fourth-order valence-corrected chi connectivity index (χ4v) is 4.06. The van der Waals surface area contributed by atoms with Gasteiger partial charge in [-0.1, -0.05) is 24.3 Å². The van der Waals surface area contributed by atoms with Crippen LogP contribution in [0.15, 0.2) is 71.8 Å². The third-order valence-electron chi connectivity index (χ3n) is 5.28. The van der Waals surface area contributed by atoms with Gasteiger partial charge in [-0.05, 0) is 53.8 Å². The quantitative estimate of drug-likeness (QED) is 0.385. The van der Waals surface area contributed by atoms with E-state index in [-0.39, 0.29) is 5.91 Å². The molecule has 0 unspecified atom stereocenters. The highest BCUT2D eigenvalue weighted by molar-refractivity contribution is 7.98. The number of aromatic nitrogens is 3. The maximum atomic E-state index is 12.5. The number of nitrogens with zero attached hydrogens (tertiary/aromatic N) is 3. The summed E-state index contributed by atoms with van der Waals surface area (Å²) < 4.78 is 7.34. The minimum absolute atomic E-state index is 0.00978. The number of pyridine rings is 1. The Balaban J connectivity index is 1.44. The lowest BCUT2D eigenvalue weighted by atomic mass is 10.2. The minimum atomic E-state index is 0.00978. The zero-order valence-electron chi connectivity index (χ0n) is 18.2. The Kier molecular flexibility index (Phi) is 7.07. The van der Waals surface area contributed by atoms with Gasteiger partial charge in [-0.25, -0.2) is 9.97 Å². The van der Waals surface area contributed by atoms with Crippen LogP contribution in [0.4, 0.5) is 0 Å². The summed E-state index contributed by atoms with van der Waals surface area (Å²) in [5, 5.41) is 3.02. The molecule has 164 valence electrons. The number of carbonyl (C=O) groups is 1. The monoisotopic (exact) mass is 446 g/mol. The second kappa shape index (κ2) is 10.3. The van der Waals surface area contributed by atoms with Gasteiger partial charge in [0.15, 0.2) is 5.65 Å². The third kappa shape index (κ3) is 5.29. The molecular formula is C25H26N4O2S. The van der Waals surface area contributed by atoms with Crippen molar-refractivity contribution < 1.29 is 9.53 Å². The minimum Gasteiger partial charge on any atom is -0.497 e. The van der Waals surface area contributed by atoms with Crippen molar-refractivity contribution in [1.29, 1.82) is 0 Å². The number of carbonyl (C=O) groups excluding carboxylic acids is 1. The van der Waals surface area contributed by atoms with Crippen molar-refractivity contribution in [2.24, 2.45) is 0 Å². The molecule has 0 spiro atoms. The Morgan fingerprint density at radius 1 is 1.09 bits per heavy atom. The van der Waals surface area contributed by atoms with Gasteiger partial charge in [0.1, 0.15) is 17.1 Å². The number of amides is 1. The Morgan fingerprint density at radius 2 is 1.94 bits per heavy atom. The summed E-state index contributed by atoms with van der Waals surface area (Å²) in [6, 6.07) is 20.0. The number of thioether (sulfide) groups is 1.